The molecule has 1 amide bonds. The maximum atomic E-state index is 14.4. The third-order valence-electron chi connectivity index (χ3n) is 10.6. The predicted molar refractivity (Wildman–Crippen MR) is 193 cm³/mol. The molecule has 1 aromatic heterocycles. The van der Waals surface area contributed by atoms with Crippen LogP contribution in [0.3, 0.4) is 0 Å². The van der Waals surface area contributed by atoms with Gasteiger partial charge in [-0.1, -0.05) is 67.7 Å². The van der Waals surface area contributed by atoms with Crippen LogP contribution in [0, 0.1) is 19.8 Å². The molecule has 2 N–H and O–H groups in total. The molecular weight excluding hydrogens is 655 g/mol. The number of rotatable bonds is 14. The van der Waals surface area contributed by atoms with Gasteiger partial charge in [0.15, 0.2) is 11.4 Å². The fourth-order valence-corrected chi connectivity index (χ4v) is 8.95. The first-order valence-electron chi connectivity index (χ1n) is 18.1. The Morgan fingerprint density at radius 2 is 1.88 bits per heavy atom. The van der Waals surface area contributed by atoms with Crippen LogP contribution in [0.5, 0.6) is 0 Å². The summed E-state index contributed by atoms with van der Waals surface area (Å²) in [7, 11) is -4.03. The van der Waals surface area contributed by atoms with Crippen molar-refractivity contribution in [1.82, 2.24) is 15.0 Å². The summed E-state index contributed by atoms with van der Waals surface area (Å²) in [5.41, 5.74) is 2.73. The average Bonchev–Trinajstić information content (AvgIpc) is 3.83. The van der Waals surface area contributed by atoms with Gasteiger partial charge in [0, 0.05) is 37.2 Å². The quantitative estimate of drug-likeness (QED) is 0.192. The molecule has 0 radical (unpaired) electrons. The molecule has 2 aromatic carbocycles. The lowest BCUT2D eigenvalue weighted by Gasteiger charge is -2.41. The first-order valence-corrected chi connectivity index (χ1v) is 19.6. The number of aryl methyl sites for hydroxylation is 1. The third-order valence-corrected chi connectivity index (χ3v) is 12.0. The van der Waals surface area contributed by atoms with Crippen molar-refractivity contribution in [2.75, 3.05) is 24.4 Å². The van der Waals surface area contributed by atoms with Crippen LogP contribution in [-0.4, -0.2) is 71.7 Å². The predicted octanol–water partition coefficient (Wildman–Crippen LogP) is 6.57. The van der Waals surface area contributed by atoms with E-state index in [2.05, 4.69) is 21.7 Å². The summed E-state index contributed by atoms with van der Waals surface area (Å²) in [6.45, 7) is 9.86. The Labute approximate surface area is 296 Å². The van der Waals surface area contributed by atoms with Gasteiger partial charge < -0.3 is 14.4 Å². The van der Waals surface area contributed by atoms with Crippen molar-refractivity contribution in [2.24, 2.45) is 10.9 Å². The highest BCUT2D eigenvalue weighted by Crippen LogP contribution is 2.39. The van der Waals surface area contributed by atoms with Gasteiger partial charge in [-0.15, -0.1) is 0 Å². The topological polar surface area (TPSA) is 138 Å². The molecule has 2 unspecified atom stereocenters. The number of amides is 1. The van der Waals surface area contributed by atoms with Crippen LogP contribution in [0.15, 0.2) is 56.9 Å². The van der Waals surface area contributed by atoms with Gasteiger partial charge in [0.1, 0.15) is 17.8 Å². The van der Waals surface area contributed by atoms with Crippen LogP contribution < -0.4 is 4.72 Å². The molecular formula is C38H51N5O6S. The van der Waals surface area contributed by atoms with Gasteiger partial charge in [-0.2, -0.15) is 0 Å². The molecule has 3 aliphatic rings. The van der Waals surface area contributed by atoms with Gasteiger partial charge in [-0.25, -0.2) is 8.42 Å². The van der Waals surface area contributed by atoms with E-state index in [-0.39, 0.29) is 29.1 Å². The number of hydrogen-bond donors (Lipinski definition) is 2. The highest BCUT2D eigenvalue weighted by Gasteiger charge is 2.51. The fourth-order valence-electron chi connectivity index (χ4n) is 7.67. The number of aliphatic hydroxyl groups is 1. The van der Waals surface area contributed by atoms with E-state index < -0.39 is 21.8 Å². The number of nitrogens with zero attached hydrogens (tertiary/aromatic N) is 4. The Kier molecular flexibility index (Phi) is 11.1. The van der Waals surface area contributed by atoms with E-state index in [1.54, 1.807) is 32.0 Å². The number of carbonyl (C=O) groups is 1. The lowest BCUT2D eigenvalue weighted by molar-refractivity contribution is -0.136. The molecule has 6 rings (SSSR count). The lowest BCUT2D eigenvalue weighted by Crippen LogP contribution is -2.56. The minimum atomic E-state index is -4.03. The maximum Gasteiger partial charge on any atom is 0.263 e. The van der Waals surface area contributed by atoms with E-state index >= 15 is 0 Å². The fraction of sp³-hybridized carbons (Fsp3) is 0.553. The Balaban J connectivity index is 1.29. The first-order chi connectivity index (χ1) is 24.1. The molecule has 2 aliphatic heterocycles. The molecule has 2 atom stereocenters. The summed E-state index contributed by atoms with van der Waals surface area (Å²) < 4.78 is 41.1. The second kappa shape index (κ2) is 15.3. The molecule has 50 heavy (non-hydrogen) atoms. The number of piperidine rings is 1. The van der Waals surface area contributed by atoms with E-state index in [1.807, 2.05) is 36.1 Å². The highest BCUT2D eigenvalue weighted by atomic mass is 32.2. The number of carbonyl (C=O) groups excluding carboxylic acids is 1. The van der Waals surface area contributed by atoms with Gasteiger partial charge in [-0.05, 0) is 81.5 Å². The highest BCUT2D eigenvalue weighted by molar-refractivity contribution is 7.92. The van der Waals surface area contributed by atoms with E-state index in [1.165, 1.54) is 0 Å². The summed E-state index contributed by atoms with van der Waals surface area (Å²) in [6, 6.07) is 12.8. The summed E-state index contributed by atoms with van der Waals surface area (Å²) in [6.07, 6.45) is 7.94. The monoisotopic (exact) mass is 705 g/mol. The van der Waals surface area contributed by atoms with Gasteiger partial charge in [-0.3, -0.25) is 24.3 Å². The number of benzene rings is 2. The minimum Gasteiger partial charge on any atom is -0.378 e. The van der Waals surface area contributed by atoms with Crippen molar-refractivity contribution in [3.8, 4) is 11.1 Å². The molecule has 270 valence electrons. The van der Waals surface area contributed by atoms with Crippen LogP contribution in [0.2, 0.25) is 0 Å². The van der Waals surface area contributed by atoms with Crippen molar-refractivity contribution >= 4 is 27.6 Å². The molecule has 2 fully saturated rings. The molecule has 0 bridgehead atoms. The summed E-state index contributed by atoms with van der Waals surface area (Å²) in [5, 5.41) is 15.2. The number of aromatic nitrogens is 1. The van der Waals surface area contributed by atoms with Crippen LogP contribution in [0.25, 0.3) is 11.1 Å². The van der Waals surface area contributed by atoms with Gasteiger partial charge in [0.05, 0.1) is 18.0 Å². The number of nitrogens with one attached hydrogen (secondary N) is 1. The average molecular weight is 706 g/mol. The summed E-state index contributed by atoms with van der Waals surface area (Å²) >= 11 is 0. The smallest absolute Gasteiger partial charge is 0.263 e. The number of aliphatic hydroxyl groups excluding tert-OH is 1. The number of likely N-dealkylation sites (tertiary alicyclic amines) is 1. The molecule has 1 saturated heterocycles. The zero-order chi connectivity index (χ0) is 35.5. The number of aliphatic imine (C=N–C) groups is 1. The maximum absolute atomic E-state index is 14.4. The van der Waals surface area contributed by atoms with Crippen molar-refractivity contribution in [3.05, 3.63) is 64.9 Å². The molecule has 12 heteroatoms. The molecule has 11 nitrogen and oxygen atoms in total. The zero-order valence-electron chi connectivity index (χ0n) is 29.8. The summed E-state index contributed by atoms with van der Waals surface area (Å²) in [5.74, 6) is 1.77. The van der Waals surface area contributed by atoms with Gasteiger partial charge in [0.25, 0.3) is 15.9 Å². The van der Waals surface area contributed by atoms with Gasteiger partial charge >= 0.3 is 0 Å². The molecule has 1 spiro atoms. The van der Waals surface area contributed by atoms with Crippen molar-refractivity contribution in [3.63, 3.8) is 0 Å². The molecule has 3 heterocycles. The second-order valence-electron chi connectivity index (χ2n) is 14.0. The number of sulfonamides is 1. The standard InChI is InChI=1S/C38H51N5O6S/c1-5-7-17-34-39-38(20-12-21-42(25-38)36(44)29-13-8-9-14-29)37(45)43(34)23-28-18-19-31(30(22-28)24-48-6-2)32-15-10-11-16-33(32)50(46,47)41-35-26(3)27(4)49-40-35/h10-11,15-16,18-19,22,29,36,44H,5-9,12-14,17,20-21,23-25H2,1-4H3,(H,40,41). The first kappa shape index (κ1) is 36.2. The number of anilines is 1. The Morgan fingerprint density at radius 1 is 1.10 bits per heavy atom. The molecule has 1 aliphatic carbocycles. The van der Waals surface area contributed by atoms with Crippen LogP contribution in [0.4, 0.5) is 5.82 Å². The minimum absolute atomic E-state index is 0.00302. The Morgan fingerprint density at radius 3 is 2.60 bits per heavy atom. The second-order valence-corrected chi connectivity index (χ2v) is 15.7. The number of unbranched alkanes of at least 4 members (excludes halogenated alkanes) is 1. The third kappa shape index (κ3) is 7.39. The lowest BCUT2D eigenvalue weighted by atomic mass is 9.88. The van der Waals surface area contributed by atoms with Crippen molar-refractivity contribution < 1.29 is 27.6 Å². The van der Waals surface area contributed by atoms with Gasteiger partial charge in [0.2, 0.25) is 0 Å². The van der Waals surface area contributed by atoms with E-state index in [4.69, 9.17) is 14.3 Å². The van der Waals surface area contributed by atoms with Crippen LogP contribution in [-0.2, 0) is 32.7 Å². The number of ether oxygens (including phenoxy) is 1. The molecule has 1 saturated carbocycles. The van der Waals surface area contributed by atoms with E-state index in [9.17, 15) is 18.3 Å². The van der Waals surface area contributed by atoms with E-state index in [0.717, 1.165) is 74.0 Å². The number of hydrogen-bond acceptors (Lipinski definition) is 9. The van der Waals surface area contributed by atoms with Crippen LogP contribution >= 0.6 is 0 Å². The Hall–Kier alpha value is -3.58. The largest absolute Gasteiger partial charge is 0.378 e. The molecule has 3 aromatic rings. The zero-order valence-corrected chi connectivity index (χ0v) is 30.6. The van der Waals surface area contributed by atoms with E-state index in [0.29, 0.717) is 49.4 Å². The SMILES string of the molecule is CCCCC1=NC2(CCCN(C(O)C3CCCC3)C2)C(=O)N1Cc1ccc(-c2ccccc2S(=O)(=O)Nc2noc(C)c2C)c(COCC)c1. The van der Waals surface area contributed by atoms with Crippen molar-refractivity contribution in [2.45, 2.75) is 115 Å². The summed E-state index contributed by atoms with van der Waals surface area (Å²) in [4.78, 5) is 23.7. The normalized spacial score (nSPS) is 20.9. The van der Waals surface area contributed by atoms with Crippen molar-refractivity contribution in [1.29, 1.82) is 0 Å². The van der Waals surface area contributed by atoms with Crippen LogP contribution in [0.1, 0.15) is 94.1 Å². The Bertz CT molecular complexity index is 1820. The number of amidine groups is 1.